The van der Waals surface area contributed by atoms with Gasteiger partial charge in [-0.1, -0.05) is 55.5 Å². The monoisotopic (exact) mass is 427 g/mol. The van der Waals surface area contributed by atoms with Crippen molar-refractivity contribution in [2.24, 2.45) is 0 Å². The molecule has 0 N–H and O–H groups in total. The Balaban J connectivity index is 1.87. The zero-order chi connectivity index (χ0) is 21.9. The molecule has 0 aliphatic heterocycles. The van der Waals surface area contributed by atoms with Crippen LogP contribution >= 0.6 is 0 Å². The number of benzene rings is 4. The lowest BCUT2D eigenvalue weighted by atomic mass is 10.1. The molecule has 5 nitrogen and oxygen atoms in total. The van der Waals surface area contributed by atoms with Crippen LogP contribution in [0.2, 0.25) is 0 Å². The predicted octanol–water partition coefficient (Wildman–Crippen LogP) is 6.36. The lowest BCUT2D eigenvalue weighted by Gasteiger charge is -2.08. The zero-order valence-electron chi connectivity index (χ0n) is 18.2. The van der Waals surface area contributed by atoms with Crippen molar-refractivity contribution in [2.75, 3.05) is 0 Å². The van der Waals surface area contributed by atoms with E-state index >= 15 is 0 Å². The molecule has 5 heteroatoms. The third-order valence-corrected chi connectivity index (χ3v) is 6.43. The van der Waals surface area contributed by atoms with E-state index in [1.165, 1.54) is 5.56 Å². The van der Waals surface area contributed by atoms with Gasteiger partial charge in [0.1, 0.15) is 0 Å². The Kier molecular flexibility index (Phi) is 3.76. The standard InChI is InChI=1S/C28H21N5/c1-2-19-10-9-11-20(18-19)31-27-29-21-12-3-5-14-23(21)32(27)25-16-7-8-17-26(25)33-24-15-6-4-13-22(24)30-28(31)33/h3-18H,2H2,1H3. The SMILES string of the molecule is CCc1cccc(-n2c3nc4ccccc4n3c3ccccc3n3c4ccccc4nc23)c1. The number of nitrogens with zero attached hydrogens (tertiary/aromatic N) is 5. The molecule has 158 valence electrons. The minimum atomic E-state index is 0.839. The summed E-state index contributed by atoms with van der Waals surface area (Å²) in [5.74, 6) is 1.68. The van der Waals surface area contributed by atoms with Crippen LogP contribution in [0.1, 0.15) is 12.5 Å². The largest absolute Gasteiger partial charge is 0.276 e. The van der Waals surface area contributed by atoms with E-state index in [4.69, 9.17) is 9.97 Å². The topological polar surface area (TPSA) is 39.5 Å². The molecule has 7 rings (SSSR count). The summed E-state index contributed by atoms with van der Waals surface area (Å²) in [6, 6.07) is 33.8. The maximum atomic E-state index is 5.13. The molecule has 7 aromatic rings. The van der Waals surface area contributed by atoms with Crippen LogP contribution in [0, 0.1) is 0 Å². The first-order valence-corrected chi connectivity index (χ1v) is 11.3. The Hall–Kier alpha value is -4.38. The lowest BCUT2D eigenvalue weighted by molar-refractivity contribution is 1.02. The highest BCUT2D eigenvalue weighted by molar-refractivity contribution is 5.92. The molecular weight excluding hydrogens is 406 g/mol. The molecule has 0 bridgehead atoms. The number of hydrogen-bond acceptors (Lipinski definition) is 2. The van der Waals surface area contributed by atoms with Crippen LogP contribution in [0.3, 0.4) is 0 Å². The van der Waals surface area contributed by atoms with Gasteiger partial charge in [-0.3, -0.25) is 8.80 Å². The number of para-hydroxylation sites is 6. The quantitative estimate of drug-likeness (QED) is 0.322. The van der Waals surface area contributed by atoms with Crippen molar-refractivity contribution in [3.63, 3.8) is 0 Å². The second kappa shape index (κ2) is 6.81. The zero-order valence-corrected chi connectivity index (χ0v) is 18.2. The Labute approximate surface area is 189 Å². The van der Waals surface area contributed by atoms with Crippen molar-refractivity contribution in [2.45, 2.75) is 13.3 Å². The van der Waals surface area contributed by atoms with E-state index in [9.17, 15) is 0 Å². The van der Waals surface area contributed by atoms with Crippen LogP contribution in [0.15, 0.2) is 97.1 Å². The van der Waals surface area contributed by atoms with Gasteiger partial charge in [0.15, 0.2) is 0 Å². The van der Waals surface area contributed by atoms with E-state index in [0.717, 1.165) is 56.8 Å². The van der Waals surface area contributed by atoms with Crippen LogP contribution in [-0.4, -0.2) is 23.3 Å². The maximum absolute atomic E-state index is 5.13. The highest BCUT2D eigenvalue weighted by Crippen LogP contribution is 2.29. The summed E-state index contributed by atoms with van der Waals surface area (Å²) >= 11 is 0. The molecule has 3 aromatic heterocycles. The van der Waals surface area contributed by atoms with Gasteiger partial charge in [0.2, 0.25) is 11.6 Å². The van der Waals surface area contributed by atoms with Gasteiger partial charge < -0.3 is 0 Å². The smallest absolute Gasteiger partial charge is 0.223 e. The third kappa shape index (κ3) is 2.53. The molecule has 0 saturated carbocycles. The van der Waals surface area contributed by atoms with Crippen LogP contribution < -0.4 is 0 Å². The van der Waals surface area contributed by atoms with Crippen molar-refractivity contribution >= 4 is 44.7 Å². The first-order chi connectivity index (χ1) is 16.3. The predicted molar refractivity (Wildman–Crippen MR) is 134 cm³/mol. The average molecular weight is 428 g/mol. The summed E-state index contributed by atoms with van der Waals surface area (Å²) in [4.78, 5) is 10.3. The van der Waals surface area contributed by atoms with Crippen LogP contribution in [0.5, 0.6) is 0 Å². The van der Waals surface area contributed by atoms with Gasteiger partial charge in [-0.15, -0.1) is 0 Å². The molecule has 0 atom stereocenters. The van der Waals surface area contributed by atoms with Gasteiger partial charge in [-0.2, -0.15) is 0 Å². The first-order valence-electron chi connectivity index (χ1n) is 11.3. The Morgan fingerprint density at radius 1 is 0.576 bits per heavy atom. The number of hydrogen-bond donors (Lipinski definition) is 0. The molecule has 4 aromatic carbocycles. The van der Waals surface area contributed by atoms with E-state index in [0.29, 0.717) is 0 Å². The summed E-state index contributed by atoms with van der Waals surface area (Å²) in [6.45, 7) is 2.18. The fourth-order valence-electron chi connectivity index (χ4n) is 4.88. The summed E-state index contributed by atoms with van der Waals surface area (Å²) < 4.78 is 6.71. The van der Waals surface area contributed by atoms with Crippen LogP contribution in [0.4, 0.5) is 0 Å². The van der Waals surface area contributed by atoms with Gasteiger partial charge in [-0.05, 0) is 60.5 Å². The fourth-order valence-corrected chi connectivity index (χ4v) is 4.88. The molecule has 0 saturated heterocycles. The molecule has 0 amide bonds. The van der Waals surface area contributed by atoms with Crippen molar-refractivity contribution in [1.82, 2.24) is 23.3 Å². The summed E-state index contributed by atoms with van der Waals surface area (Å²) in [5, 5.41) is 0. The summed E-state index contributed by atoms with van der Waals surface area (Å²) in [6.07, 6.45) is 0.967. The number of rotatable bonds is 2. The van der Waals surface area contributed by atoms with E-state index in [1.54, 1.807) is 0 Å². The minimum absolute atomic E-state index is 0.839. The van der Waals surface area contributed by atoms with Crippen molar-refractivity contribution in [3.05, 3.63) is 103 Å². The number of aromatic nitrogens is 5. The highest BCUT2D eigenvalue weighted by atomic mass is 15.3. The van der Waals surface area contributed by atoms with Crippen LogP contribution in [-0.2, 0) is 6.42 Å². The second-order valence-corrected chi connectivity index (χ2v) is 8.32. The molecule has 33 heavy (non-hydrogen) atoms. The van der Waals surface area contributed by atoms with Gasteiger partial charge in [-0.25, -0.2) is 14.5 Å². The average Bonchev–Trinajstić information content (AvgIpc) is 3.40. The number of imidazole rings is 2. The van der Waals surface area contributed by atoms with Crippen molar-refractivity contribution in [1.29, 1.82) is 0 Å². The molecule has 0 unspecified atom stereocenters. The number of aryl methyl sites for hydroxylation is 1. The van der Waals surface area contributed by atoms with Crippen LogP contribution in [0.25, 0.3) is 50.3 Å². The molecule has 0 aliphatic carbocycles. The molecular formula is C28H21N5. The first kappa shape index (κ1) is 18.2. The van der Waals surface area contributed by atoms with E-state index in [-0.39, 0.29) is 0 Å². The summed E-state index contributed by atoms with van der Waals surface area (Å²) in [5.41, 5.74) is 8.57. The Morgan fingerprint density at radius 3 is 1.64 bits per heavy atom. The molecule has 3 heterocycles. The Morgan fingerprint density at radius 2 is 1.09 bits per heavy atom. The molecule has 0 aliphatic rings. The van der Waals surface area contributed by atoms with Gasteiger partial charge >= 0.3 is 0 Å². The Bertz CT molecular complexity index is 1750. The molecule has 0 spiro atoms. The van der Waals surface area contributed by atoms with E-state index in [2.05, 4.69) is 105 Å². The maximum Gasteiger partial charge on any atom is 0.223 e. The highest BCUT2D eigenvalue weighted by Gasteiger charge is 2.18. The fraction of sp³-hybridized carbons (Fsp3) is 0.0714. The van der Waals surface area contributed by atoms with Gasteiger partial charge in [0.05, 0.1) is 38.8 Å². The van der Waals surface area contributed by atoms with Crippen molar-refractivity contribution in [3.8, 4) is 5.69 Å². The van der Waals surface area contributed by atoms with E-state index in [1.807, 2.05) is 12.1 Å². The van der Waals surface area contributed by atoms with E-state index < -0.39 is 0 Å². The summed E-state index contributed by atoms with van der Waals surface area (Å²) in [7, 11) is 0. The number of fused-ring (bicyclic) bond motifs is 9. The lowest BCUT2D eigenvalue weighted by Crippen LogP contribution is -2.02. The van der Waals surface area contributed by atoms with Gasteiger partial charge in [0, 0.05) is 0 Å². The second-order valence-electron chi connectivity index (χ2n) is 8.32. The third-order valence-electron chi connectivity index (χ3n) is 6.43. The minimum Gasteiger partial charge on any atom is -0.276 e. The van der Waals surface area contributed by atoms with Gasteiger partial charge in [0.25, 0.3) is 0 Å². The molecule has 0 fully saturated rings. The molecule has 0 radical (unpaired) electrons. The normalized spacial score (nSPS) is 11.9. The van der Waals surface area contributed by atoms with Crippen molar-refractivity contribution < 1.29 is 0 Å².